The second kappa shape index (κ2) is 6.61. The molecule has 1 rings (SSSR count). The Morgan fingerprint density at radius 1 is 1.10 bits per heavy atom. The summed E-state index contributed by atoms with van der Waals surface area (Å²) < 4.78 is 25.4. The average molecular weight is 330 g/mol. The first-order chi connectivity index (χ1) is 9.64. The van der Waals surface area contributed by atoms with Crippen LogP contribution in [0.15, 0.2) is 29.2 Å². The molecule has 0 aromatic heterocycles. The van der Waals surface area contributed by atoms with Crippen molar-refractivity contribution in [3.05, 3.63) is 29.8 Å². The number of amides is 2. The van der Waals surface area contributed by atoms with E-state index in [1.54, 1.807) is 0 Å². The summed E-state index contributed by atoms with van der Waals surface area (Å²) in [6, 6.07) is 5.50. The van der Waals surface area contributed by atoms with E-state index in [1.807, 2.05) is 0 Å². The van der Waals surface area contributed by atoms with Gasteiger partial charge in [0.1, 0.15) is 4.99 Å². The molecule has 10 heteroatoms. The number of rotatable bonds is 7. The topological polar surface area (TPSA) is 150 Å². The molecule has 8 nitrogen and oxygen atoms in total. The number of thiocarbonyl (C=S) groups is 1. The zero-order chi connectivity index (χ0) is 16.2. The lowest BCUT2D eigenvalue weighted by Crippen LogP contribution is -2.43. The van der Waals surface area contributed by atoms with Crippen molar-refractivity contribution >= 4 is 39.0 Å². The van der Waals surface area contributed by atoms with Crippen molar-refractivity contribution in [1.29, 1.82) is 0 Å². The number of benzene rings is 1. The summed E-state index contributed by atoms with van der Waals surface area (Å²) in [7, 11) is -4.13. The lowest BCUT2D eigenvalue weighted by atomic mass is 10.2. The van der Waals surface area contributed by atoms with Gasteiger partial charge in [-0.1, -0.05) is 24.4 Å². The summed E-state index contributed by atoms with van der Waals surface area (Å²) in [5.74, 6) is -1.82. The van der Waals surface area contributed by atoms with Gasteiger partial charge in [-0.3, -0.25) is 9.59 Å². The minimum Gasteiger partial charge on any atom is -0.389 e. The SMILES string of the molecule is NC(=O)CN(CC(N)=O)S(=O)(=O)c1cccc(C(N)=S)c1. The van der Waals surface area contributed by atoms with Crippen molar-refractivity contribution in [2.75, 3.05) is 13.1 Å². The summed E-state index contributed by atoms with van der Waals surface area (Å²) in [6.45, 7) is -1.33. The molecule has 0 atom stereocenters. The molecular weight excluding hydrogens is 316 g/mol. The summed E-state index contributed by atoms with van der Waals surface area (Å²) >= 11 is 4.77. The highest BCUT2D eigenvalue weighted by molar-refractivity contribution is 7.89. The number of sulfonamides is 1. The van der Waals surface area contributed by atoms with Crippen LogP contribution in [0.3, 0.4) is 0 Å². The number of hydrogen-bond donors (Lipinski definition) is 3. The van der Waals surface area contributed by atoms with E-state index in [4.69, 9.17) is 29.4 Å². The second-order valence-corrected chi connectivity index (χ2v) is 6.48. The lowest BCUT2D eigenvalue weighted by Gasteiger charge is -2.19. The van der Waals surface area contributed by atoms with Crippen molar-refractivity contribution in [2.45, 2.75) is 4.90 Å². The Bertz CT molecular complexity index is 671. The molecule has 0 saturated heterocycles. The Morgan fingerprint density at radius 2 is 1.62 bits per heavy atom. The molecule has 0 bridgehead atoms. The molecule has 114 valence electrons. The van der Waals surface area contributed by atoms with E-state index < -0.39 is 34.9 Å². The molecule has 1 aromatic rings. The molecule has 0 unspecified atom stereocenters. The third kappa shape index (κ3) is 4.48. The van der Waals surface area contributed by atoms with Gasteiger partial charge in [-0.2, -0.15) is 4.31 Å². The first-order valence-electron chi connectivity index (χ1n) is 5.61. The van der Waals surface area contributed by atoms with Crippen LogP contribution < -0.4 is 17.2 Å². The number of nitrogens with zero attached hydrogens (tertiary/aromatic N) is 1. The van der Waals surface area contributed by atoms with Gasteiger partial charge in [-0.25, -0.2) is 8.42 Å². The standard InChI is InChI=1S/C11H14N4O4S2/c12-9(16)5-15(6-10(13)17)21(18,19)8-3-1-2-7(4-8)11(14)20/h1-4H,5-6H2,(H2,12,16)(H2,13,17)(H2,14,20). The Hall–Kier alpha value is -2.04. The maximum absolute atomic E-state index is 12.4. The van der Waals surface area contributed by atoms with E-state index in [0.717, 1.165) is 0 Å². The third-order valence-corrected chi connectivity index (χ3v) is 4.44. The zero-order valence-corrected chi connectivity index (χ0v) is 12.5. The monoisotopic (exact) mass is 330 g/mol. The summed E-state index contributed by atoms with van der Waals surface area (Å²) in [5, 5.41) is 0. The van der Waals surface area contributed by atoms with E-state index in [0.29, 0.717) is 9.87 Å². The van der Waals surface area contributed by atoms with E-state index in [-0.39, 0.29) is 9.88 Å². The maximum atomic E-state index is 12.4. The van der Waals surface area contributed by atoms with E-state index in [1.165, 1.54) is 24.3 Å². The van der Waals surface area contributed by atoms with Gasteiger partial charge < -0.3 is 17.2 Å². The van der Waals surface area contributed by atoms with Gasteiger partial charge in [0.2, 0.25) is 21.8 Å². The Morgan fingerprint density at radius 3 is 2.05 bits per heavy atom. The molecule has 1 aromatic carbocycles. The minimum atomic E-state index is -4.13. The number of nitrogens with two attached hydrogens (primary N) is 3. The predicted octanol–water partition coefficient (Wildman–Crippen LogP) is -1.72. The quantitative estimate of drug-likeness (QED) is 0.506. The molecule has 0 saturated carbocycles. The van der Waals surface area contributed by atoms with Gasteiger partial charge in [0, 0.05) is 5.56 Å². The summed E-state index contributed by atoms with van der Waals surface area (Å²) in [6.07, 6.45) is 0. The number of primary amides is 2. The Labute approximate surface area is 126 Å². The molecule has 0 radical (unpaired) electrons. The summed E-state index contributed by atoms with van der Waals surface area (Å²) in [4.78, 5) is 21.8. The molecule has 0 heterocycles. The second-order valence-electron chi connectivity index (χ2n) is 4.10. The van der Waals surface area contributed by atoms with Gasteiger partial charge in [0.15, 0.2) is 0 Å². The van der Waals surface area contributed by atoms with Gasteiger partial charge in [0.25, 0.3) is 0 Å². The number of hydrogen-bond acceptors (Lipinski definition) is 5. The molecule has 0 aliphatic rings. The molecule has 0 spiro atoms. The highest BCUT2D eigenvalue weighted by Crippen LogP contribution is 2.17. The van der Waals surface area contributed by atoms with E-state index in [2.05, 4.69) is 0 Å². The van der Waals surface area contributed by atoms with Gasteiger partial charge >= 0.3 is 0 Å². The van der Waals surface area contributed by atoms with Gasteiger partial charge in [-0.05, 0) is 12.1 Å². The van der Waals surface area contributed by atoms with Crippen LogP contribution in [-0.4, -0.2) is 42.6 Å². The third-order valence-electron chi connectivity index (χ3n) is 2.42. The molecule has 21 heavy (non-hydrogen) atoms. The number of carbonyl (C=O) groups is 2. The maximum Gasteiger partial charge on any atom is 0.244 e. The van der Waals surface area contributed by atoms with Crippen molar-refractivity contribution in [2.24, 2.45) is 17.2 Å². The molecule has 0 fully saturated rings. The van der Waals surface area contributed by atoms with Crippen LogP contribution in [0.4, 0.5) is 0 Å². The molecular formula is C11H14N4O4S2. The van der Waals surface area contributed by atoms with Gasteiger partial charge in [-0.15, -0.1) is 0 Å². The molecule has 0 aliphatic carbocycles. The largest absolute Gasteiger partial charge is 0.389 e. The minimum absolute atomic E-state index is 0.0170. The van der Waals surface area contributed by atoms with Crippen LogP contribution >= 0.6 is 12.2 Å². The first kappa shape index (κ1) is 17.0. The summed E-state index contributed by atoms with van der Waals surface area (Å²) in [5.41, 5.74) is 15.7. The Balaban J connectivity index is 3.27. The number of carbonyl (C=O) groups excluding carboxylic acids is 2. The Kier molecular flexibility index (Phi) is 5.35. The smallest absolute Gasteiger partial charge is 0.244 e. The molecule has 0 aliphatic heterocycles. The highest BCUT2D eigenvalue weighted by atomic mass is 32.2. The zero-order valence-electron chi connectivity index (χ0n) is 10.9. The fraction of sp³-hybridized carbons (Fsp3) is 0.182. The molecule has 6 N–H and O–H groups in total. The van der Waals surface area contributed by atoms with Crippen molar-refractivity contribution < 1.29 is 18.0 Å². The van der Waals surface area contributed by atoms with Crippen molar-refractivity contribution in [1.82, 2.24) is 4.31 Å². The van der Waals surface area contributed by atoms with Crippen LogP contribution in [0, 0.1) is 0 Å². The average Bonchev–Trinajstić information content (AvgIpc) is 2.37. The van der Waals surface area contributed by atoms with Crippen LogP contribution in [0.5, 0.6) is 0 Å². The molecule has 2 amide bonds. The first-order valence-corrected chi connectivity index (χ1v) is 7.46. The van der Waals surface area contributed by atoms with Crippen molar-refractivity contribution in [3.63, 3.8) is 0 Å². The van der Waals surface area contributed by atoms with E-state index in [9.17, 15) is 18.0 Å². The van der Waals surface area contributed by atoms with Crippen LogP contribution in [0.1, 0.15) is 5.56 Å². The normalized spacial score (nSPS) is 11.3. The van der Waals surface area contributed by atoms with Gasteiger partial charge in [0.05, 0.1) is 18.0 Å². The fourth-order valence-electron chi connectivity index (χ4n) is 1.53. The fourth-order valence-corrected chi connectivity index (χ4v) is 3.08. The predicted molar refractivity (Wildman–Crippen MR) is 79.5 cm³/mol. The lowest BCUT2D eigenvalue weighted by molar-refractivity contribution is -0.120. The van der Waals surface area contributed by atoms with Crippen molar-refractivity contribution in [3.8, 4) is 0 Å². The van der Waals surface area contributed by atoms with Crippen LogP contribution in [-0.2, 0) is 19.6 Å². The highest BCUT2D eigenvalue weighted by Gasteiger charge is 2.27. The van der Waals surface area contributed by atoms with Crippen LogP contribution in [0.25, 0.3) is 0 Å². The van der Waals surface area contributed by atoms with Crippen LogP contribution in [0.2, 0.25) is 0 Å². The van der Waals surface area contributed by atoms with E-state index >= 15 is 0 Å².